The number of aromatic nitrogens is 2. The number of benzene rings is 1. The van der Waals surface area contributed by atoms with Gasteiger partial charge in [0.1, 0.15) is 16.4 Å². The number of rotatable bonds is 4. The van der Waals surface area contributed by atoms with Crippen molar-refractivity contribution in [3.8, 4) is 0 Å². The van der Waals surface area contributed by atoms with Gasteiger partial charge in [0.05, 0.1) is 18.0 Å². The second-order valence-electron chi connectivity index (χ2n) is 3.87. The summed E-state index contributed by atoms with van der Waals surface area (Å²) in [5.74, 6) is -0.683. The molecule has 0 amide bonds. The summed E-state index contributed by atoms with van der Waals surface area (Å²) in [6.07, 6.45) is 0. The first-order valence-corrected chi connectivity index (χ1v) is 6.86. The van der Waals surface area contributed by atoms with Crippen LogP contribution in [0.25, 0.3) is 0 Å². The maximum Gasteiger partial charge on any atom is 0.265 e. The Bertz CT molecular complexity index is 697. The highest BCUT2D eigenvalue weighted by molar-refractivity contribution is 7.92. The number of aliphatic hydroxyl groups is 1. The first-order valence-electron chi connectivity index (χ1n) is 5.37. The molecule has 0 spiro atoms. The van der Waals surface area contributed by atoms with Crippen molar-refractivity contribution in [3.05, 3.63) is 41.5 Å². The van der Waals surface area contributed by atoms with E-state index >= 15 is 0 Å². The number of halogens is 1. The van der Waals surface area contributed by atoms with Gasteiger partial charge in [0.15, 0.2) is 0 Å². The van der Waals surface area contributed by atoms with Crippen LogP contribution in [0.3, 0.4) is 0 Å². The van der Waals surface area contributed by atoms with Crippen molar-refractivity contribution in [2.75, 3.05) is 4.72 Å². The van der Waals surface area contributed by atoms with Gasteiger partial charge in [-0.15, -0.1) is 0 Å². The Hall–Kier alpha value is -1.93. The minimum Gasteiger partial charge on any atom is -0.390 e. The molecule has 102 valence electrons. The molecule has 6 nitrogen and oxygen atoms in total. The quantitative estimate of drug-likeness (QED) is 0.785. The van der Waals surface area contributed by atoms with Crippen molar-refractivity contribution >= 4 is 15.7 Å². The zero-order valence-electron chi connectivity index (χ0n) is 10.0. The highest BCUT2D eigenvalue weighted by atomic mass is 32.2. The van der Waals surface area contributed by atoms with E-state index in [0.717, 1.165) is 6.07 Å². The van der Waals surface area contributed by atoms with Crippen LogP contribution in [-0.2, 0) is 16.6 Å². The van der Waals surface area contributed by atoms with Crippen LogP contribution >= 0.6 is 0 Å². The summed E-state index contributed by atoms with van der Waals surface area (Å²) in [5.41, 5.74) is 0.0984. The Morgan fingerprint density at radius 3 is 2.74 bits per heavy atom. The molecule has 2 aromatic rings. The molecular formula is C11H12FN3O3S. The molecule has 0 bridgehead atoms. The van der Waals surface area contributed by atoms with Crippen molar-refractivity contribution in [1.29, 1.82) is 0 Å². The van der Waals surface area contributed by atoms with Gasteiger partial charge in [-0.1, -0.05) is 12.1 Å². The molecule has 0 saturated heterocycles. The first-order chi connectivity index (χ1) is 8.95. The van der Waals surface area contributed by atoms with Crippen LogP contribution in [0.15, 0.2) is 29.2 Å². The summed E-state index contributed by atoms with van der Waals surface area (Å²) in [6, 6.07) is 5.42. The first kappa shape index (κ1) is 13.5. The lowest BCUT2D eigenvalue weighted by Gasteiger charge is -2.09. The third-order valence-electron chi connectivity index (χ3n) is 2.50. The monoisotopic (exact) mass is 285 g/mol. The molecule has 1 aromatic carbocycles. The van der Waals surface area contributed by atoms with Gasteiger partial charge in [0, 0.05) is 0 Å². The SMILES string of the molecule is Cc1[nH]nc(CO)c1S(=O)(=O)Nc1ccccc1F. The lowest BCUT2D eigenvalue weighted by atomic mass is 10.3. The Balaban J connectivity index is 2.44. The van der Waals surface area contributed by atoms with Crippen LogP contribution in [0.2, 0.25) is 0 Å². The normalized spacial score (nSPS) is 11.5. The molecule has 8 heteroatoms. The largest absolute Gasteiger partial charge is 0.390 e. The second kappa shape index (κ2) is 4.98. The van der Waals surface area contributed by atoms with Gasteiger partial charge in [0.2, 0.25) is 0 Å². The molecule has 0 radical (unpaired) electrons. The molecule has 19 heavy (non-hydrogen) atoms. The maximum absolute atomic E-state index is 13.4. The van der Waals surface area contributed by atoms with Crippen molar-refractivity contribution in [2.45, 2.75) is 18.4 Å². The number of sulfonamides is 1. The number of nitrogens with zero attached hydrogens (tertiary/aromatic N) is 1. The van der Waals surface area contributed by atoms with E-state index in [0.29, 0.717) is 0 Å². The summed E-state index contributed by atoms with van der Waals surface area (Å²) < 4.78 is 39.9. The smallest absolute Gasteiger partial charge is 0.265 e. The van der Waals surface area contributed by atoms with E-state index in [1.807, 2.05) is 0 Å². The van der Waals surface area contributed by atoms with Gasteiger partial charge >= 0.3 is 0 Å². The lowest BCUT2D eigenvalue weighted by Crippen LogP contribution is -2.16. The van der Waals surface area contributed by atoms with E-state index < -0.39 is 22.4 Å². The average molecular weight is 285 g/mol. The molecule has 3 N–H and O–H groups in total. The number of aliphatic hydroxyl groups excluding tert-OH is 1. The molecule has 0 saturated carbocycles. The van der Waals surface area contributed by atoms with Gasteiger partial charge in [-0.05, 0) is 19.1 Å². The van der Waals surface area contributed by atoms with Crippen molar-refractivity contribution in [1.82, 2.24) is 10.2 Å². The number of anilines is 1. The molecule has 0 aliphatic carbocycles. The van der Waals surface area contributed by atoms with E-state index in [4.69, 9.17) is 5.11 Å². The van der Waals surface area contributed by atoms with Crippen LogP contribution in [-0.4, -0.2) is 23.7 Å². The second-order valence-corrected chi connectivity index (χ2v) is 5.49. The maximum atomic E-state index is 13.4. The molecule has 1 aromatic heterocycles. The highest BCUT2D eigenvalue weighted by Crippen LogP contribution is 2.22. The average Bonchev–Trinajstić information content (AvgIpc) is 2.74. The molecule has 0 unspecified atom stereocenters. The van der Waals surface area contributed by atoms with E-state index in [2.05, 4.69) is 14.9 Å². The van der Waals surface area contributed by atoms with E-state index in [9.17, 15) is 12.8 Å². The number of hydrogen-bond donors (Lipinski definition) is 3. The van der Waals surface area contributed by atoms with Gasteiger partial charge < -0.3 is 5.11 Å². The Morgan fingerprint density at radius 1 is 1.42 bits per heavy atom. The minimum absolute atomic E-state index is 0.0126. The zero-order valence-corrected chi connectivity index (χ0v) is 10.8. The Morgan fingerprint density at radius 2 is 2.11 bits per heavy atom. The molecule has 0 atom stereocenters. The number of hydrogen-bond acceptors (Lipinski definition) is 4. The van der Waals surface area contributed by atoms with Crippen LogP contribution in [0.4, 0.5) is 10.1 Å². The predicted octanol–water partition coefficient (Wildman–Crippen LogP) is 1.15. The topological polar surface area (TPSA) is 95.1 Å². The Kier molecular flexibility index (Phi) is 3.54. The molecular weight excluding hydrogens is 273 g/mol. The number of aryl methyl sites for hydroxylation is 1. The highest BCUT2D eigenvalue weighted by Gasteiger charge is 2.24. The molecule has 0 aliphatic heterocycles. The van der Waals surface area contributed by atoms with Gasteiger partial charge in [0.25, 0.3) is 10.0 Å². The number of nitrogens with one attached hydrogen (secondary N) is 2. The van der Waals surface area contributed by atoms with Crippen LogP contribution in [0, 0.1) is 12.7 Å². The summed E-state index contributed by atoms with van der Waals surface area (Å²) in [5, 5.41) is 15.2. The fourth-order valence-electron chi connectivity index (χ4n) is 1.67. The van der Waals surface area contributed by atoms with Crippen LogP contribution < -0.4 is 4.72 Å². The van der Waals surface area contributed by atoms with E-state index in [1.54, 1.807) is 0 Å². The van der Waals surface area contributed by atoms with Crippen molar-refractivity contribution in [2.24, 2.45) is 0 Å². The fourth-order valence-corrected chi connectivity index (χ4v) is 3.10. The summed E-state index contributed by atoms with van der Waals surface area (Å²) in [7, 11) is -4.01. The lowest BCUT2D eigenvalue weighted by molar-refractivity contribution is 0.273. The third kappa shape index (κ3) is 2.59. The number of aromatic amines is 1. The van der Waals surface area contributed by atoms with Crippen LogP contribution in [0.1, 0.15) is 11.4 Å². The predicted molar refractivity (Wildman–Crippen MR) is 66.5 cm³/mol. The number of para-hydroxylation sites is 1. The third-order valence-corrected chi connectivity index (χ3v) is 4.07. The number of H-pyrrole nitrogens is 1. The van der Waals surface area contributed by atoms with Crippen molar-refractivity contribution < 1.29 is 17.9 Å². The summed E-state index contributed by atoms with van der Waals surface area (Å²) in [6.45, 7) is 0.972. The standard InChI is InChI=1S/C11H12FN3O3S/c1-7-11(10(6-16)14-13-7)19(17,18)15-9-5-3-2-4-8(9)12/h2-5,15-16H,6H2,1H3,(H,13,14). The zero-order chi connectivity index (χ0) is 14.0. The van der Waals surface area contributed by atoms with E-state index in [1.165, 1.54) is 25.1 Å². The van der Waals surface area contributed by atoms with Gasteiger partial charge in [-0.2, -0.15) is 5.10 Å². The summed E-state index contributed by atoms with van der Waals surface area (Å²) >= 11 is 0. The molecule has 0 aliphatic rings. The van der Waals surface area contributed by atoms with Crippen LogP contribution in [0.5, 0.6) is 0 Å². The summed E-state index contributed by atoms with van der Waals surface area (Å²) in [4.78, 5) is -0.168. The van der Waals surface area contributed by atoms with Gasteiger partial charge in [-0.3, -0.25) is 9.82 Å². The van der Waals surface area contributed by atoms with Gasteiger partial charge in [-0.25, -0.2) is 12.8 Å². The molecule has 2 rings (SSSR count). The van der Waals surface area contributed by atoms with Crippen molar-refractivity contribution in [3.63, 3.8) is 0 Å². The fraction of sp³-hybridized carbons (Fsp3) is 0.182. The molecule has 1 heterocycles. The Labute approximate surface area is 109 Å². The minimum atomic E-state index is -4.01. The van der Waals surface area contributed by atoms with E-state index in [-0.39, 0.29) is 22.0 Å². The molecule has 0 fully saturated rings.